The normalized spacial score (nSPS) is 13.0. The van der Waals surface area contributed by atoms with Gasteiger partial charge in [0.25, 0.3) is 0 Å². The van der Waals surface area contributed by atoms with Gasteiger partial charge in [0.2, 0.25) is 23.7 Å². The average Bonchev–Trinajstić information content (AvgIpc) is 2.79. The number of carbonyl (C=O) groups is 3. The van der Waals surface area contributed by atoms with Crippen molar-refractivity contribution >= 4 is 51.4 Å². The molecular formula is C23H30N6O4S. The predicted octanol–water partition coefficient (Wildman–Crippen LogP) is 1.64. The topological polar surface area (TPSA) is 150 Å². The summed E-state index contributed by atoms with van der Waals surface area (Å²) < 4.78 is 5.24. The highest BCUT2D eigenvalue weighted by molar-refractivity contribution is 8.13. The number of aliphatic imine (C=N–C) groups is 1. The van der Waals surface area contributed by atoms with E-state index in [-0.39, 0.29) is 22.8 Å². The lowest BCUT2D eigenvalue weighted by Gasteiger charge is -2.18. The van der Waals surface area contributed by atoms with Crippen LogP contribution < -0.4 is 21.1 Å². The third-order valence-electron chi connectivity index (χ3n) is 4.91. The summed E-state index contributed by atoms with van der Waals surface area (Å²) >= 11 is 0.949. The van der Waals surface area contributed by atoms with Crippen molar-refractivity contribution in [2.24, 2.45) is 10.7 Å². The molecule has 0 aromatic heterocycles. The molecule has 2 atom stereocenters. The molecule has 0 saturated carbocycles. The minimum Gasteiger partial charge on any atom is -0.497 e. The van der Waals surface area contributed by atoms with Crippen LogP contribution in [0.3, 0.4) is 0 Å². The molecule has 2 rings (SSSR count). The predicted molar refractivity (Wildman–Crippen MR) is 135 cm³/mol. The van der Waals surface area contributed by atoms with E-state index < -0.39 is 23.8 Å². The third kappa shape index (κ3) is 7.48. The largest absolute Gasteiger partial charge is 0.497 e. The highest BCUT2D eigenvalue weighted by Gasteiger charge is 2.24. The number of amides is 2. The van der Waals surface area contributed by atoms with Gasteiger partial charge in [-0.25, -0.2) is 0 Å². The molecule has 0 spiro atoms. The van der Waals surface area contributed by atoms with Crippen molar-refractivity contribution in [1.29, 1.82) is 5.41 Å². The maximum absolute atomic E-state index is 12.9. The maximum atomic E-state index is 12.9. The van der Waals surface area contributed by atoms with Crippen molar-refractivity contribution in [3.63, 3.8) is 0 Å². The maximum Gasteiger partial charge on any atom is 0.250 e. The van der Waals surface area contributed by atoms with Crippen LogP contribution in [0, 0.1) is 5.41 Å². The summed E-state index contributed by atoms with van der Waals surface area (Å²) in [5.74, 6) is -1.15. The van der Waals surface area contributed by atoms with Crippen LogP contribution in [-0.4, -0.2) is 66.7 Å². The first-order valence-corrected chi connectivity index (χ1v) is 11.4. The first-order valence-electron chi connectivity index (χ1n) is 10.4. The van der Waals surface area contributed by atoms with Crippen molar-refractivity contribution in [2.45, 2.75) is 25.8 Å². The Labute approximate surface area is 202 Å². The molecule has 34 heavy (non-hydrogen) atoms. The smallest absolute Gasteiger partial charge is 0.250 e. The van der Waals surface area contributed by atoms with E-state index in [1.165, 1.54) is 11.8 Å². The van der Waals surface area contributed by atoms with Gasteiger partial charge in [0.1, 0.15) is 11.8 Å². The Hall–Kier alpha value is -3.60. The average molecular weight is 487 g/mol. The van der Waals surface area contributed by atoms with Gasteiger partial charge in [0.05, 0.1) is 13.0 Å². The molecule has 11 heteroatoms. The van der Waals surface area contributed by atoms with E-state index in [0.29, 0.717) is 0 Å². The lowest BCUT2D eigenvalue weighted by atomic mass is 9.99. The van der Waals surface area contributed by atoms with Gasteiger partial charge in [0, 0.05) is 26.8 Å². The first kappa shape index (κ1) is 26.7. The minimum atomic E-state index is -1.01. The van der Waals surface area contributed by atoms with Gasteiger partial charge >= 0.3 is 0 Å². The number of guanidine groups is 2. The van der Waals surface area contributed by atoms with E-state index in [9.17, 15) is 14.4 Å². The van der Waals surface area contributed by atoms with Crippen LogP contribution in [0.4, 0.5) is 0 Å². The zero-order valence-corrected chi connectivity index (χ0v) is 20.7. The van der Waals surface area contributed by atoms with E-state index in [4.69, 9.17) is 15.9 Å². The number of rotatable bonds is 7. The van der Waals surface area contributed by atoms with Crippen molar-refractivity contribution in [3.05, 3.63) is 42.0 Å². The van der Waals surface area contributed by atoms with Gasteiger partial charge in [0.15, 0.2) is 5.12 Å². The minimum absolute atomic E-state index is 0.0117. The number of hydrogen-bond acceptors (Lipinski definition) is 6. The first-order chi connectivity index (χ1) is 16.0. The Balaban J connectivity index is 2.07. The molecule has 0 saturated heterocycles. The van der Waals surface area contributed by atoms with E-state index in [1.807, 2.05) is 36.4 Å². The Morgan fingerprint density at radius 3 is 2.44 bits per heavy atom. The lowest BCUT2D eigenvalue weighted by Crippen LogP contribution is -2.51. The monoisotopic (exact) mass is 486 g/mol. The molecule has 0 aliphatic rings. The van der Waals surface area contributed by atoms with Crippen LogP contribution in [0.15, 0.2) is 41.4 Å². The SMILES string of the molecule is COc1ccc2cc([C@H](C)C(=O)SC[C@@H](NC(C)=O)C(=O)N/C(N)=N/C(=N)N(C)C)ccc2c1. The number of nitrogens with one attached hydrogen (secondary N) is 3. The van der Waals surface area contributed by atoms with Gasteiger partial charge in [-0.05, 0) is 28.5 Å². The number of benzene rings is 2. The Bertz CT molecular complexity index is 1120. The summed E-state index contributed by atoms with van der Waals surface area (Å²) in [6.07, 6.45) is 0. The molecule has 2 amide bonds. The summed E-state index contributed by atoms with van der Waals surface area (Å²) in [4.78, 5) is 42.2. The van der Waals surface area contributed by atoms with Crippen LogP contribution >= 0.6 is 11.8 Å². The zero-order valence-electron chi connectivity index (χ0n) is 19.8. The molecule has 0 aliphatic carbocycles. The molecule has 2 aromatic rings. The molecule has 5 N–H and O–H groups in total. The van der Waals surface area contributed by atoms with Crippen LogP contribution in [0.5, 0.6) is 5.75 Å². The molecular weight excluding hydrogens is 456 g/mol. The van der Waals surface area contributed by atoms with Crippen LogP contribution in [0.25, 0.3) is 10.8 Å². The van der Waals surface area contributed by atoms with Crippen LogP contribution in [-0.2, 0) is 14.4 Å². The van der Waals surface area contributed by atoms with Crippen molar-refractivity contribution < 1.29 is 19.1 Å². The zero-order chi connectivity index (χ0) is 25.4. The second-order valence-electron chi connectivity index (χ2n) is 7.78. The van der Waals surface area contributed by atoms with Gasteiger partial charge < -0.3 is 20.7 Å². The van der Waals surface area contributed by atoms with E-state index in [1.54, 1.807) is 28.1 Å². The number of ether oxygens (including phenoxy) is 1. The number of methoxy groups -OCH3 is 1. The van der Waals surface area contributed by atoms with Crippen molar-refractivity contribution in [1.82, 2.24) is 15.5 Å². The van der Waals surface area contributed by atoms with Gasteiger partial charge in [-0.2, -0.15) is 4.99 Å². The van der Waals surface area contributed by atoms with Crippen molar-refractivity contribution in [3.8, 4) is 5.75 Å². The molecule has 0 heterocycles. The number of thioether (sulfide) groups is 1. The molecule has 2 aromatic carbocycles. The van der Waals surface area contributed by atoms with E-state index in [2.05, 4.69) is 15.6 Å². The standard InChI is InChI=1S/C23H30N6O4S/c1-13(15-6-7-17-11-18(33-5)9-8-16(17)10-15)21(32)34-12-19(26-14(2)30)20(31)27-22(24)28-23(25)29(3)4/h6-11,13,19H,12H2,1-5H3,(H,26,30)(H4,24,25,27,28,31)/t13-,19+/m0/s1. The molecule has 0 bridgehead atoms. The lowest BCUT2D eigenvalue weighted by molar-refractivity contribution is -0.126. The quantitative estimate of drug-likeness (QED) is 0.343. The summed E-state index contributed by atoms with van der Waals surface area (Å²) in [5.41, 5.74) is 6.52. The fourth-order valence-corrected chi connectivity index (χ4v) is 3.90. The fraction of sp³-hybridized carbons (Fsp3) is 0.348. The molecule has 0 fully saturated rings. The number of nitrogens with two attached hydrogens (primary N) is 1. The Morgan fingerprint density at radius 1 is 1.18 bits per heavy atom. The molecule has 0 unspecified atom stereocenters. The summed E-state index contributed by atoms with van der Waals surface area (Å²) in [6.45, 7) is 3.07. The molecule has 0 radical (unpaired) electrons. The second kappa shape index (κ2) is 12.0. The van der Waals surface area contributed by atoms with Gasteiger partial charge in [-0.1, -0.05) is 43.0 Å². The highest BCUT2D eigenvalue weighted by Crippen LogP contribution is 2.28. The van der Waals surface area contributed by atoms with Crippen LogP contribution in [0.1, 0.15) is 25.3 Å². The van der Waals surface area contributed by atoms with Crippen molar-refractivity contribution in [2.75, 3.05) is 27.0 Å². The number of fused-ring (bicyclic) bond motifs is 1. The molecule has 182 valence electrons. The Morgan fingerprint density at radius 2 is 1.82 bits per heavy atom. The fourth-order valence-electron chi connectivity index (χ4n) is 2.95. The van der Waals surface area contributed by atoms with Gasteiger partial charge in [-0.15, -0.1) is 0 Å². The number of hydrogen-bond donors (Lipinski definition) is 4. The Kier molecular flexibility index (Phi) is 9.43. The second-order valence-corrected chi connectivity index (χ2v) is 8.81. The van der Waals surface area contributed by atoms with Gasteiger partial charge in [-0.3, -0.25) is 25.1 Å². The van der Waals surface area contributed by atoms with E-state index in [0.717, 1.165) is 33.8 Å². The van der Waals surface area contributed by atoms with E-state index >= 15 is 0 Å². The summed E-state index contributed by atoms with van der Waals surface area (Å²) in [6, 6.07) is 10.5. The number of carbonyl (C=O) groups excluding carboxylic acids is 3. The molecule has 10 nitrogen and oxygen atoms in total. The summed E-state index contributed by atoms with van der Waals surface area (Å²) in [5, 5.41) is 14.4. The number of nitrogens with zero attached hydrogens (tertiary/aromatic N) is 2. The molecule has 0 aliphatic heterocycles. The van der Waals surface area contributed by atoms with Crippen LogP contribution in [0.2, 0.25) is 0 Å². The summed E-state index contributed by atoms with van der Waals surface area (Å²) in [7, 11) is 4.83. The third-order valence-corrected chi connectivity index (χ3v) is 6.05. The highest BCUT2D eigenvalue weighted by atomic mass is 32.2.